The van der Waals surface area contributed by atoms with Gasteiger partial charge in [-0.1, -0.05) is 18.2 Å². The standard InChI is InChI=1S/C37H49F2N5O7S/c1-25(28-9-7-10-29(19-28)37(38,39)21-26-22-43(23-26)35(47)51-36(2,3)4)42-32-31-20-30(27-11-17-52(48,49)18-12-27)34(46)44(33(31)41-24-40-32)13-8-16-50-15-6-5-14-45/h7,9-10,14,19-20,24-27H,5-6,8,11-13,15-18,21-23H2,1-4H3,(H,40,41,42)/t25-/m1/s1. The molecule has 2 aromatic heterocycles. The topological polar surface area (TPSA) is 150 Å². The van der Waals surface area contributed by atoms with Crippen molar-refractivity contribution in [1.29, 1.82) is 0 Å². The Morgan fingerprint density at radius 2 is 1.81 bits per heavy atom. The summed E-state index contributed by atoms with van der Waals surface area (Å²) in [5.74, 6) is -3.34. The molecule has 0 saturated carbocycles. The first-order chi connectivity index (χ1) is 24.6. The molecule has 0 unspecified atom stereocenters. The van der Waals surface area contributed by atoms with Crippen LogP contribution in [0.2, 0.25) is 0 Å². The van der Waals surface area contributed by atoms with Gasteiger partial charge in [0.2, 0.25) is 0 Å². The number of likely N-dealkylation sites (tertiary alicyclic amines) is 1. The van der Waals surface area contributed by atoms with Crippen LogP contribution in [0.3, 0.4) is 0 Å². The number of aryl methyl sites for hydroxylation is 1. The van der Waals surface area contributed by atoms with E-state index in [0.29, 0.717) is 79.8 Å². The zero-order valence-electron chi connectivity index (χ0n) is 30.3. The number of aromatic nitrogens is 3. The van der Waals surface area contributed by atoms with Gasteiger partial charge in [0.25, 0.3) is 11.5 Å². The quantitative estimate of drug-likeness (QED) is 0.145. The molecule has 0 radical (unpaired) electrons. The molecule has 4 heterocycles. The van der Waals surface area contributed by atoms with E-state index in [1.165, 1.54) is 23.4 Å². The smallest absolute Gasteiger partial charge is 0.410 e. The number of hydrogen-bond donors (Lipinski definition) is 1. The van der Waals surface area contributed by atoms with E-state index in [1.54, 1.807) is 43.5 Å². The average Bonchev–Trinajstić information content (AvgIpc) is 3.06. The number of fused-ring (bicyclic) bond motifs is 1. The summed E-state index contributed by atoms with van der Waals surface area (Å²) >= 11 is 0. The highest BCUT2D eigenvalue weighted by Gasteiger charge is 2.42. The number of aldehydes is 1. The molecule has 1 N–H and O–H groups in total. The Bertz CT molecular complexity index is 1890. The molecule has 2 saturated heterocycles. The molecule has 1 aromatic carbocycles. The van der Waals surface area contributed by atoms with Crippen molar-refractivity contribution >= 4 is 39.1 Å². The van der Waals surface area contributed by atoms with E-state index in [-0.39, 0.29) is 47.6 Å². The van der Waals surface area contributed by atoms with Crippen LogP contribution >= 0.6 is 0 Å². The van der Waals surface area contributed by atoms with Crippen LogP contribution in [-0.4, -0.2) is 83.6 Å². The van der Waals surface area contributed by atoms with Gasteiger partial charge in [-0.3, -0.25) is 9.36 Å². The van der Waals surface area contributed by atoms with E-state index in [1.807, 2.05) is 6.92 Å². The van der Waals surface area contributed by atoms with Crippen molar-refractivity contribution < 1.29 is 36.3 Å². The van der Waals surface area contributed by atoms with Gasteiger partial charge in [-0.05, 0) is 77.0 Å². The Hall–Kier alpha value is -3.98. The Morgan fingerprint density at radius 3 is 2.50 bits per heavy atom. The Kier molecular flexibility index (Phi) is 12.3. The van der Waals surface area contributed by atoms with Crippen LogP contribution in [0.4, 0.5) is 19.4 Å². The van der Waals surface area contributed by atoms with Gasteiger partial charge in [0.1, 0.15) is 39.5 Å². The van der Waals surface area contributed by atoms with Crippen LogP contribution in [0, 0.1) is 5.92 Å². The molecule has 3 aromatic rings. The van der Waals surface area contributed by atoms with E-state index in [4.69, 9.17) is 9.47 Å². The van der Waals surface area contributed by atoms with Gasteiger partial charge in [0.15, 0.2) is 0 Å². The maximum absolute atomic E-state index is 15.6. The average molecular weight is 746 g/mol. The molecule has 52 heavy (non-hydrogen) atoms. The first kappa shape index (κ1) is 39.2. The number of amides is 1. The molecule has 1 amide bonds. The molecule has 0 spiro atoms. The molecule has 12 nitrogen and oxygen atoms in total. The second-order valence-corrected chi connectivity index (χ2v) is 17.2. The SMILES string of the molecule is C[C@@H](Nc1ncnc2c1cc(C1CCS(=O)(=O)CC1)c(=O)n2CCCOCCCC=O)c1cccc(C(F)(F)CC2CN(C(=O)OC(C)(C)C)C2)c1. The fraction of sp³-hybridized carbons (Fsp3) is 0.595. The van der Waals surface area contributed by atoms with Gasteiger partial charge in [-0.2, -0.15) is 0 Å². The molecule has 2 aliphatic heterocycles. The van der Waals surface area contributed by atoms with Crippen LogP contribution in [-0.2, 0) is 36.6 Å². The summed E-state index contributed by atoms with van der Waals surface area (Å²) in [5.41, 5.74) is 0.453. The van der Waals surface area contributed by atoms with Crippen LogP contribution in [0.5, 0.6) is 0 Å². The highest BCUT2D eigenvalue weighted by Crippen LogP contribution is 2.39. The number of alkyl halides is 2. The third-order valence-corrected chi connectivity index (χ3v) is 11.2. The number of sulfone groups is 1. The van der Waals surface area contributed by atoms with E-state index in [9.17, 15) is 22.8 Å². The summed E-state index contributed by atoms with van der Waals surface area (Å²) < 4.78 is 68.1. The molecule has 2 fully saturated rings. The molecule has 0 bridgehead atoms. The van der Waals surface area contributed by atoms with Crippen molar-refractivity contribution in [2.24, 2.45) is 5.92 Å². The van der Waals surface area contributed by atoms with Crippen LogP contribution < -0.4 is 10.9 Å². The van der Waals surface area contributed by atoms with Gasteiger partial charge < -0.3 is 24.5 Å². The lowest BCUT2D eigenvalue weighted by atomic mass is 9.89. The number of nitrogens with one attached hydrogen (secondary N) is 1. The number of rotatable bonds is 15. The monoisotopic (exact) mass is 745 g/mol. The van der Waals surface area contributed by atoms with Crippen LogP contribution in [0.15, 0.2) is 41.5 Å². The van der Waals surface area contributed by atoms with Crippen LogP contribution in [0.25, 0.3) is 11.0 Å². The predicted octanol–water partition coefficient (Wildman–Crippen LogP) is 5.99. The number of anilines is 1. The van der Waals surface area contributed by atoms with Crippen molar-refractivity contribution in [3.8, 4) is 0 Å². The van der Waals surface area contributed by atoms with Crippen molar-refractivity contribution in [3.05, 3.63) is 63.7 Å². The highest BCUT2D eigenvalue weighted by atomic mass is 32.2. The number of carbonyl (C=O) groups excluding carboxylic acids is 2. The van der Waals surface area contributed by atoms with Crippen molar-refractivity contribution in [1.82, 2.24) is 19.4 Å². The van der Waals surface area contributed by atoms with Crippen molar-refractivity contribution in [2.75, 3.05) is 43.1 Å². The number of ether oxygens (including phenoxy) is 2. The number of benzene rings is 1. The lowest BCUT2D eigenvalue weighted by molar-refractivity contribution is -0.108. The summed E-state index contributed by atoms with van der Waals surface area (Å²) in [7, 11) is -3.16. The van der Waals surface area contributed by atoms with Crippen molar-refractivity contribution in [2.45, 2.75) is 96.2 Å². The maximum atomic E-state index is 15.6. The zero-order valence-corrected chi connectivity index (χ0v) is 31.1. The Balaban J connectivity index is 1.34. The van der Waals surface area contributed by atoms with Gasteiger partial charge in [-0.25, -0.2) is 32.0 Å². The number of pyridine rings is 1. The summed E-state index contributed by atoms with van der Waals surface area (Å²) in [4.78, 5) is 47.1. The number of hydrogen-bond acceptors (Lipinski definition) is 10. The first-order valence-electron chi connectivity index (χ1n) is 17.9. The summed E-state index contributed by atoms with van der Waals surface area (Å²) in [5, 5.41) is 3.91. The largest absolute Gasteiger partial charge is 0.444 e. The number of unbranched alkanes of at least 4 members (excludes halogenated alkanes) is 1. The fourth-order valence-corrected chi connectivity index (χ4v) is 8.19. The summed E-state index contributed by atoms with van der Waals surface area (Å²) in [6.07, 6.45) is 3.48. The molecular formula is C37H49F2N5O7S. The van der Waals surface area contributed by atoms with Gasteiger partial charge in [0.05, 0.1) is 16.9 Å². The molecule has 15 heteroatoms. The number of carbonyl (C=O) groups is 2. The van der Waals surface area contributed by atoms with Gasteiger partial charge >= 0.3 is 6.09 Å². The van der Waals surface area contributed by atoms with E-state index in [2.05, 4.69) is 15.3 Å². The molecule has 1 atom stereocenters. The summed E-state index contributed by atoms with van der Waals surface area (Å²) in [6.45, 7) is 8.63. The van der Waals surface area contributed by atoms with Gasteiger partial charge in [0, 0.05) is 68.8 Å². The zero-order chi connectivity index (χ0) is 37.7. The second-order valence-electron chi connectivity index (χ2n) is 14.9. The molecule has 0 aliphatic carbocycles. The fourth-order valence-electron chi connectivity index (χ4n) is 6.69. The second kappa shape index (κ2) is 16.4. The van der Waals surface area contributed by atoms with Crippen molar-refractivity contribution in [3.63, 3.8) is 0 Å². The number of nitrogens with zero attached hydrogens (tertiary/aromatic N) is 4. The first-order valence-corrected chi connectivity index (χ1v) is 19.7. The molecule has 5 rings (SSSR count). The third kappa shape index (κ3) is 9.91. The molecule has 284 valence electrons. The summed E-state index contributed by atoms with van der Waals surface area (Å²) in [6, 6.07) is 7.50. The van der Waals surface area contributed by atoms with E-state index >= 15 is 8.78 Å². The minimum atomic E-state index is -3.16. The lowest BCUT2D eigenvalue weighted by Gasteiger charge is -2.41. The lowest BCUT2D eigenvalue weighted by Crippen LogP contribution is -2.52. The molecule has 2 aliphatic rings. The normalized spacial score (nSPS) is 17.5. The maximum Gasteiger partial charge on any atom is 0.410 e. The Morgan fingerprint density at radius 1 is 1.10 bits per heavy atom. The minimum absolute atomic E-state index is 0.000914. The highest BCUT2D eigenvalue weighted by molar-refractivity contribution is 7.91. The van der Waals surface area contributed by atoms with Gasteiger partial charge in [-0.15, -0.1) is 0 Å². The number of halogens is 2. The minimum Gasteiger partial charge on any atom is -0.444 e. The molecular weight excluding hydrogens is 696 g/mol. The predicted molar refractivity (Wildman–Crippen MR) is 193 cm³/mol. The van der Waals surface area contributed by atoms with E-state index < -0.39 is 39.9 Å². The van der Waals surface area contributed by atoms with E-state index in [0.717, 1.165) is 6.29 Å². The van der Waals surface area contributed by atoms with Crippen LogP contribution in [0.1, 0.15) is 94.9 Å². The third-order valence-electron chi connectivity index (χ3n) is 9.50. The Labute approximate surface area is 303 Å².